The van der Waals surface area contributed by atoms with Gasteiger partial charge in [-0.3, -0.25) is 0 Å². The summed E-state index contributed by atoms with van der Waals surface area (Å²) in [5, 5.41) is 2.45. The smallest absolute Gasteiger partial charge is 0.0540 e. The zero-order valence-electron chi connectivity index (χ0n) is 26.0. The van der Waals surface area contributed by atoms with E-state index in [0.29, 0.717) is 0 Å². The van der Waals surface area contributed by atoms with Crippen molar-refractivity contribution in [2.75, 3.05) is 4.90 Å². The molecule has 222 valence electrons. The highest BCUT2D eigenvalue weighted by Gasteiger charge is 2.17. The predicted octanol–water partition coefficient (Wildman–Crippen LogP) is 13.0. The Bertz CT molecular complexity index is 2280. The van der Waals surface area contributed by atoms with Gasteiger partial charge in [-0.25, -0.2) is 0 Å². The van der Waals surface area contributed by atoms with E-state index >= 15 is 0 Å². The molecule has 8 rings (SSSR count). The lowest BCUT2D eigenvalue weighted by Crippen LogP contribution is -2.10. The van der Waals surface area contributed by atoms with Crippen molar-refractivity contribution in [3.05, 3.63) is 200 Å². The van der Waals surface area contributed by atoms with Crippen LogP contribution in [0.2, 0.25) is 0 Å². The van der Waals surface area contributed by atoms with Crippen LogP contribution in [0.15, 0.2) is 200 Å². The lowest BCUT2D eigenvalue weighted by Gasteiger charge is -2.27. The molecule has 0 saturated carbocycles. The molecule has 0 spiro atoms. The predicted molar refractivity (Wildman–Crippen MR) is 200 cm³/mol. The summed E-state index contributed by atoms with van der Waals surface area (Å²) in [5.41, 5.74) is 13.1. The zero-order valence-corrected chi connectivity index (χ0v) is 26.0. The van der Waals surface area contributed by atoms with Gasteiger partial charge in [-0.1, -0.05) is 170 Å². The van der Waals surface area contributed by atoms with Gasteiger partial charge in [0.2, 0.25) is 0 Å². The lowest BCUT2D eigenvalue weighted by atomic mass is 9.87. The third-order valence-corrected chi connectivity index (χ3v) is 8.90. The molecule has 1 heteroatoms. The molecule has 0 radical (unpaired) electrons. The molecule has 8 aromatic carbocycles. The quantitative estimate of drug-likeness (QED) is 0.176. The fraction of sp³-hybridized carbons (Fsp3) is 0. The van der Waals surface area contributed by atoms with Crippen LogP contribution in [0.25, 0.3) is 55.3 Å². The van der Waals surface area contributed by atoms with Gasteiger partial charge in [0.15, 0.2) is 0 Å². The summed E-state index contributed by atoms with van der Waals surface area (Å²) in [6, 6.07) is 71.7. The Morgan fingerprint density at radius 3 is 1.26 bits per heavy atom. The molecule has 1 nitrogen and oxygen atoms in total. The Hall–Kier alpha value is -6.18. The molecule has 0 amide bonds. The molecule has 0 aliphatic rings. The van der Waals surface area contributed by atoms with Gasteiger partial charge < -0.3 is 4.90 Å². The summed E-state index contributed by atoms with van der Waals surface area (Å²) in [6.07, 6.45) is 0. The third-order valence-electron chi connectivity index (χ3n) is 8.90. The SMILES string of the molecule is c1ccc(-c2ccccc2-c2ccccc2-c2ccccc2-c2ccc(N(c3ccccc3)c3cccc4ccccc34)cc2)cc1. The first kappa shape index (κ1) is 28.3. The Kier molecular flexibility index (Phi) is 7.63. The van der Waals surface area contributed by atoms with E-state index < -0.39 is 0 Å². The van der Waals surface area contributed by atoms with E-state index in [9.17, 15) is 0 Å². The molecule has 0 aromatic heterocycles. The number of rotatable bonds is 7. The Labute approximate surface area is 276 Å². The molecule has 0 heterocycles. The maximum absolute atomic E-state index is 2.35. The minimum atomic E-state index is 1.12. The molecule has 8 aromatic rings. The molecule has 0 bridgehead atoms. The zero-order chi connectivity index (χ0) is 31.4. The topological polar surface area (TPSA) is 3.24 Å². The normalized spacial score (nSPS) is 11.0. The number of hydrogen-bond acceptors (Lipinski definition) is 1. The van der Waals surface area contributed by atoms with Crippen LogP contribution in [-0.4, -0.2) is 0 Å². The van der Waals surface area contributed by atoms with Crippen molar-refractivity contribution < 1.29 is 0 Å². The molecule has 47 heavy (non-hydrogen) atoms. The van der Waals surface area contributed by atoms with Crippen LogP contribution in [0, 0.1) is 0 Å². The third kappa shape index (κ3) is 5.49. The van der Waals surface area contributed by atoms with Crippen molar-refractivity contribution >= 4 is 27.8 Å². The van der Waals surface area contributed by atoms with Crippen LogP contribution < -0.4 is 4.90 Å². The molecule has 0 N–H and O–H groups in total. The van der Waals surface area contributed by atoms with E-state index in [1.165, 1.54) is 55.3 Å². The number of hydrogen-bond donors (Lipinski definition) is 0. The summed E-state index contributed by atoms with van der Waals surface area (Å²) in [5.74, 6) is 0. The highest BCUT2D eigenvalue weighted by Crippen LogP contribution is 2.43. The van der Waals surface area contributed by atoms with Gasteiger partial charge in [-0.15, -0.1) is 0 Å². The molecule has 0 unspecified atom stereocenters. The molecule has 0 aliphatic carbocycles. The minimum absolute atomic E-state index is 1.12. The van der Waals surface area contributed by atoms with Gasteiger partial charge in [0, 0.05) is 16.8 Å². The van der Waals surface area contributed by atoms with Crippen LogP contribution >= 0.6 is 0 Å². The summed E-state index contributed by atoms with van der Waals surface area (Å²) in [4.78, 5) is 2.35. The van der Waals surface area contributed by atoms with Crippen molar-refractivity contribution in [2.24, 2.45) is 0 Å². The molecular weight excluding hydrogens is 567 g/mol. The van der Waals surface area contributed by atoms with Crippen molar-refractivity contribution in [2.45, 2.75) is 0 Å². The second-order valence-electron chi connectivity index (χ2n) is 11.7. The average molecular weight is 600 g/mol. The van der Waals surface area contributed by atoms with Gasteiger partial charge in [0.05, 0.1) is 5.69 Å². The van der Waals surface area contributed by atoms with Crippen LogP contribution in [0.1, 0.15) is 0 Å². The summed E-state index contributed by atoms with van der Waals surface area (Å²) >= 11 is 0. The molecular formula is C46H33N. The van der Waals surface area contributed by atoms with Crippen LogP contribution in [0.4, 0.5) is 17.1 Å². The summed E-state index contributed by atoms with van der Waals surface area (Å²) in [6.45, 7) is 0. The van der Waals surface area contributed by atoms with Crippen molar-refractivity contribution in [1.82, 2.24) is 0 Å². The highest BCUT2D eigenvalue weighted by atomic mass is 15.1. The van der Waals surface area contributed by atoms with Gasteiger partial charge in [0.25, 0.3) is 0 Å². The number of benzene rings is 8. The van der Waals surface area contributed by atoms with Crippen molar-refractivity contribution in [1.29, 1.82) is 0 Å². The maximum Gasteiger partial charge on any atom is 0.0540 e. The number of anilines is 3. The van der Waals surface area contributed by atoms with Gasteiger partial charge in [-0.05, 0) is 80.2 Å². The van der Waals surface area contributed by atoms with Crippen LogP contribution in [0.5, 0.6) is 0 Å². The first-order chi connectivity index (χ1) is 23.3. The monoisotopic (exact) mass is 599 g/mol. The number of nitrogens with zero attached hydrogens (tertiary/aromatic N) is 1. The number of para-hydroxylation sites is 1. The fourth-order valence-corrected chi connectivity index (χ4v) is 6.71. The van der Waals surface area contributed by atoms with E-state index in [1.807, 2.05) is 0 Å². The van der Waals surface area contributed by atoms with Gasteiger partial charge in [-0.2, -0.15) is 0 Å². The second kappa shape index (κ2) is 12.7. The van der Waals surface area contributed by atoms with E-state index in [0.717, 1.165) is 17.1 Å². The Morgan fingerprint density at radius 1 is 0.255 bits per heavy atom. The van der Waals surface area contributed by atoms with E-state index in [2.05, 4.69) is 205 Å². The minimum Gasteiger partial charge on any atom is -0.310 e. The van der Waals surface area contributed by atoms with Crippen molar-refractivity contribution in [3.8, 4) is 44.5 Å². The average Bonchev–Trinajstić information content (AvgIpc) is 3.16. The lowest BCUT2D eigenvalue weighted by molar-refractivity contribution is 1.30. The van der Waals surface area contributed by atoms with E-state index in [1.54, 1.807) is 0 Å². The largest absolute Gasteiger partial charge is 0.310 e. The van der Waals surface area contributed by atoms with E-state index in [-0.39, 0.29) is 0 Å². The molecule has 0 saturated heterocycles. The maximum atomic E-state index is 2.35. The first-order valence-corrected chi connectivity index (χ1v) is 16.1. The highest BCUT2D eigenvalue weighted by molar-refractivity contribution is 5.99. The Balaban J connectivity index is 1.23. The first-order valence-electron chi connectivity index (χ1n) is 16.1. The van der Waals surface area contributed by atoms with Crippen molar-refractivity contribution in [3.63, 3.8) is 0 Å². The summed E-state index contributed by atoms with van der Waals surface area (Å²) in [7, 11) is 0. The molecule has 0 atom stereocenters. The van der Waals surface area contributed by atoms with Crippen LogP contribution in [0.3, 0.4) is 0 Å². The standard InChI is InChI=1S/C46H33N/c1-3-16-34(17-4-1)39-22-9-11-25-42(39)44-27-13-14-28-45(44)43-26-12-10-23-40(43)36-30-32-38(33-31-36)47(37-20-5-2-6-21-37)46-29-15-19-35-18-7-8-24-41(35)46/h1-33H. The van der Waals surface area contributed by atoms with Crippen LogP contribution in [-0.2, 0) is 0 Å². The van der Waals surface area contributed by atoms with E-state index in [4.69, 9.17) is 0 Å². The van der Waals surface area contributed by atoms with Gasteiger partial charge >= 0.3 is 0 Å². The summed E-state index contributed by atoms with van der Waals surface area (Å²) < 4.78 is 0. The van der Waals surface area contributed by atoms with Gasteiger partial charge in [0.1, 0.15) is 0 Å². The fourth-order valence-electron chi connectivity index (χ4n) is 6.71. The Morgan fingerprint density at radius 2 is 0.660 bits per heavy atom. The molecule has 0 aliphatic heterocycles. The molecule has 0 fully saturated rings. The second-order valence-corrected chi connectivity index (χ2v) is 11.7. The number of fused-ring (bicyclic) bond motifs is 1.